The van der Waals surface area contributed by atoms with E-state index in [0.29, 0.717) is 26.2 Å². The van der Waals surface area contributed by atoms with Crippen molar-refractivity contribution in [3.63, 3.8) is 0 Å². The van der Waals surface area contributed by atoms with Gasteiger partial charge in [0, 0.05) is 31.6 Å². The van der Waals surface area contributed by atoms with Gasteiger partial charge in [0.25, 0.3) is 0 Å². The Morgan fingerprint density at radius 1 is 1.24 bits per heavy atom. The van der Waals surface area contributed by atoms with Gasteiger partial charge in [0.1, 0.15) is 5.82 Å². The topological polar surface area (TPSA) is 69.6 Å². The zero-order valence-corrected chi connectivity index (χ0v) is 12.3. The molecular formula is C14H15ClN4O2. The van der Waals surface area contributed by atoms with E-state index in [0.717, 1.165) is 22.3 Å². The minimum Gasteiger partial charge on any atom is -0.465 e. The average molecular weight is 307 g/mol. The maximum Gasteiger partial charge on any atom is 0.407 e. The van der Waals surface area contributed by atoms with Crippen LogP contribution in [-0.4, -0.2) is 52.2 Å². The molecule has 1 aliphatic rings. The fourth-order valence-electron chi connectivity index (χ4n) is 2.55. The van der Waals surface area contributed by atoms with Gasteiger partial charge in [-0.05, 0) is 36.2 Å². The van der Waals surface area contributed by atoms with Gasteiger partial charge in [0.05, 0.1) is 5.52 Å². The largest absolute Gasteiger partial charge is 0.465 e. The predicted molar refractivity (Wildman–Crippen MR) is 81.1 cm³/mol. The first-order valence-electron chi connectivity index (χ1n) is 6.71. The molecule has 1 N–H and O–H groups in total. The summed E-state index contributed by atoms with van der Waals surface area (Å²) in [6.45, 7) is 4.13. The van der Waals surface area contributed by atoms with Crippen molar-refractivity contribution in [2.24, 2.45) is 0 Å². The summed E-state index contributed by atoms with van der Waals surface area (Å²) in [7, 11) is 0. The van der Waals surface area contributed by atoms with Crippen LogP contribution in [-0.2, 0) is 0 Å². The van der Waals surface area contributed by atoms with Crippen LogP contribution in [0.25, 0.3) is 10.9 Å². The van der Waals surface area contributed by atoms with Crippen molar-refractivity contribution in [3.05, 3.63) is 29.0 Å². The number of halogens is 1. The lowest BCUT2D eigenvalue weighted by atomic mass is 10.1. The summed E-state index contributed by atoms with van der Waals surface area (Å²) in [5.74, 6) is 0.773. The molecule has 1 aliphatic heterocycles. The molecule has 0 bridgehead atoms. The monoisotopic (exact) mass is 306 g/mol. The third-order valence-corrected chi connectivity index (χ3v) is 3.82. The minimum atomic E-state index is -0.879. The molecule has 0 spiro atoms. The lowest BCUT2D eigenvalue weighted by Gasteiger charge is -2.34. The number of amides is 1. The van der Waals surface area contributed by atoms with Crippen molar-refractivity contribution in [3.8, 4) is 0 Å². The van der Waals surface area contributed by atoms with Crippen molar-refractivity contribution in [2.45, 2.75) is 6.92 Å². The number of piperazine rings is 1. The van der Waals surface area contributed by atoms with Gasteiger partial charge in [0.15, 0.2) is 0 Å². The molecule has 21 heavy (non-hydrogen) atoms. The van der Waals surface area contributed by atoms with Gasteiger partial charge in [-0.15, -0.1) is 0 Å². The van der Waals surface area contributed by atoms with Gasteiger partial charge >= 0.3 is 6.09 Å². The van der Waals surface area contributed by atoms with Crippen LogP contribution in [0.4, 0.5) is 10.6 Å². The van der Waals surface area contributed by atoms with Crippen LogP contribution in [0.1, 0.15) is 5.56 Å². The normalized spacial score (nSPS) is 15.5. The van der Waals surface area contributed by atoms with Gasteiger partial charge in [-0.3, -0.25) is 0 Å². The summed E-state index contributed by atoms with van der Waals surface area (Å²) < 4.78 is 0. The Morgan fingerprint density at radius 2 is 1.95 bits per heavy atom. The number of hydrogen-bond donors (Lipinski definition) is 1. The molecule has 7 heteroatoms. The smallest absolute Gasteiger partial charge is 0.407 e. The zero-order chi connectivity index (χ0) is 15.0. The van der Waals surface area contributed by atoms with E-state index >= 15 is 0 Å². The first kappa shape index (κ1) is 13.9. The highest BCUT2D eigenvalue weighted by atomic mass is 35.5. The first-order chi connectivity index (χ1) is 10.0. The zero-order valence-electron chi connectivity index (χ0n) is 11.6. The second kappa shape index (κ2) is 5.37. The van der Waals surface area contributed by atoms with E-state index in [2.05, 4.69) is 14.9 Å². The molecule has 1 saturated heterocycles. The van der Waals surface area contributed by atoms with Crippen LogP contribution in [0.5, 0.6) is 0 Å². The lowest BCUT2D eigenvalue weighted by Crippen LogP contribution is -2.48. The molecule has 1 aromatic carbocycles. The van der Waals surface area contributed by atoms with Gasteiger partial charge in [-0.25, -0.2) is 9.78 Å². The first-order valence-corrected chi connectivity index (χ1v) is 7.09. The Bertz CT molecular complexity index is 693. The number of carbonyl (C=O) groups is 1. The molecule has 0 atom stereocenters. The van der Waals surface area contributed by atoms with E-state index in [1.807, 2.05) is 25.1 Å². The predicted octanol–water partition coefficient (Wildman–Crippen LogP) is 2.39. The number of rotatable bonds is 1. The summed E-state index contributed by atoms with van der Waals surface area (Å²) >= 11 is 6.02. The van der Waals surface area contributed by atoms with E-state index in [-0.39, 0.29) is 5.28 Å². The fourth-order valence-corrected chi connectivity index (χ4v) is 2.72. The summed E-state index contributed by atoms with van der Waals surface area (Å²) in [5.41, 5.74) is 1.92. The highest BCUT2D eigenvalue weighted by Crippen LogP contribution is 2.27. The quantitative estimate of drug-likeness (QED) is 0.819. The van der Waals surface area contributed by atoms with Crippen LogP contribution in [0.3, 0.4) is 0 Å². The van der Waals surface area contributed by atoms with Gasteiger partial charge in [-0.2, -0.15) is 4.98 Å². The number of anilines is 1. The van der Waals surface area contributed by atoms with Crippen molar-refractivity contribution in [2.75, 3.05) is 31.1 Å². The minimum absolute atomic E-state index is 0.212. The number of carboxylic acid groups (broad SMARTS) is 1. The Kier molecular flexibility index (Phi) is 3.55. The number of hydrogen-bond acceptors (Lipinski definition) is 4. The van der Waals surface area contributed by atoms with E-state index in [1.165, 1.54) is 4.90 Å². The van der Waals surface area contributed by atoms with Gasteiger partial charge < -0.3 is 14.9 Å². The third-order valence-electron chi connectivity index (χ3n) is 3.65. The lowest BCUT2D eigenvalue weighted by molar-refractivity contribution is 0.142. The molecule has 2 heterocycles. The third kappa shape index (κ3) is 2.71. The molecule has 1 amide bonds. The highest BCUT2D eigenvalue weighted by molar-refractivity contribution is 6.28. The maximum atomic E-state index is 11.0. The molecule has 1 fully saturated rings. The summed E-state index contributed by atoms with van der Waals surface area (Å²) in [5, 5.41) is 10.2. The number of fused-ring (bicyclic) bond motifs is 1. The molecular weight excluding hydrogens is 292 g/mol. The molecule has 3 rings (SSSR count). The molecule has 2 aromatic rings. The van der Waals surface area contributed by atoms with Gasteiger partial charge in [-0.1, -0.05) is 6.07 Å². The molecule has 0 unspecified atom stereocenters. The van der Waals surface area contributed by atoms with Crippen LogP contribution >= 0.6 is 11.6 Å². The van der Waals surface area contributed by atoms with E-state index in [9.17, 15) is 4.79 Å². The Balaban J connectivity index is 1.95. The fraction of sp³-hybridized carbons (Fsp3) is 0.357. The number of benzene rings is 1. The molecule has 0 saturated carbocycles. The van der Waals surface area contributed by atoms with Crippen LogP contribution in [0, 0.1) is 6.92 Å². The van der Waals surface area contributed by atoms with E-state index in [4.69, 9.17) is 16.7 Å². The van der Waals surface area contributed by atoms with Crippen molar-refractivity contribution < 1.29 is 9.90 Å². The molecule has 6 nitrogen and oxygen atoms in total. The Hall–Kier alpha value is -2.08. The molecule has 0 aliphatic carbocycles. The van der Waals surface area contributed by atoms with Crippen molar-refractivity contribution in [1.82, 2.24) is 14.9 Å². The summed E-state index contributed by atoms with van der Waals surface area (Å²) in [6, 6.07) is 5.97. The second-order valence-corrected chi connectivity index (χ2v) is 5.43. The second-order valence-electron chi connectivity index (χ2n) is 5.09. The number of aromatic nitrogens is 2. The SMILES string of the molecule is Cc1ccc2c(N3CCN(C(=O)O)CC3)nc(Cl)nc2c1. The van der Waals surface area contributed by atoms with Crippen LogP contribution < -0.4 is 4.90 Å². The molecule has 1 aromatic heterocycles. The van der Waals surface area contributed by atoms with Crippen LogP contribution in [0.2, 0.25) is 5.28 Å². The summed E-state index contributed by atoms with van der Waals surface area (Å²) in [6.07, 6.45) is -0.879. The average Bonchev–Trinajstić information content (AvgIpc) is 2.46. The van der Waals surface area contributed by atoms with E-state index < -0.39 is 6.09 Å². The molecule has 0 radical (unpaired) electrons. The van der Waals surface area contributed by atoms with Crippen molar-refractivity contribution in [1.29, 1.82) is 0 Å². The number of nitrogens with zero attached hydrogens (tertiary/aromatic N) is 4. The maximum absolute atomic E-state index is 11.0. The number of aryl methyl sites for hydroxylation is 1. The van der Waals surface area contributed by atoms with E-state index in [1.54, 1.807) is 0 Å². The Morgan fingerprint density at radius 3 is 2.62 bits per heavy atom. The van der Waals surface area contributed by atoms with Crippen molar-refractivity contribution >= 4 is 34.4 Å². The summed E-state index contributed by atoms with van der Waals surface area (Å²) in [4.78, 5) is 23.0. The van der Waals surface area contributed by atoms with Crippen LogP contribution in [0.15, 0.2) is 18.2 Å². The van der Waals surface area contributed by atoms with Gasteiger partial charge in [0.2, 0.25) is 5.28 Å². The Labute approximate surface area is 127 Å². The standard InChI is InChI=1S/C14H15ClN4O2/c1-9-2-3-10-11(8-9)16-13(15)17-12(10)18-4-6-19(7-5-18)14(20)21/h2-3,8H,4-7H2,1H3,(H,20,21). The highest BCUT2D eigenvalue weighted by Gasteiger charge is 2.23. The molecule has 110 valence electrons.